The van der Waals surface area contributed by atoms with Crippen molar-refractivity contribution in [1.29, 1.82) is 0 Å². The lowest BCUT2D eigenvalue weighted by molar-refractivity contribution is -0.142. The third kappa shape index (κ3) is 3.70. The molecule has 0 radical (unpaired) electrons. The Morgan fingerprint density at radius 1 is 1.50 bits per heavy atom. The van der Waals surface area contributed by atoms with Crippen molar-refractivity contribution in [2.75, 3.05) is 18.5 Å². The van der Waals surface area contributed by atoms with Crippen molar-refractivity contribution in [3.8, 4) is 0 Å². The van der Waals surface area contributed by atoms with Gasteiger partial charge in [0.15, 0.2) is 0 Å². The van der Waals surface area contributed by atoms with Crippen LogP contribution in [0.3, 0.4) is 0 Å². The number of para-hydroxylation sites is 1. The smallest absolute Gasteiger partial charge is 0.323 e. The van der Waals surface area contributed by atoms with Crippen molar-refractivity contribution in [2.45, 2.75) is 25.3 Å². The molecule has 0 amide bonds. The quantitative estimate of drug-likeness (QED) is 0.813. The van der Waals surface area contributed by atoms with Crippen LogP contribution in [-0.2, 0) is 4.79 Å². The number of nitrogens with two attached hydrogens (primary N) is 1. The monoisotopic (exact) mass is 254 g/mol. The molecule has 1 aromatic carbocycles. The van der Waals surface area contributed by atoms with Crippen molar-refractivity contribution in [2.24, 2.45) is 5.73 Å². The van der Waals surface area contributed by atoms with E-state index in [-0.39, 0.29) is 5.82 Å². The second-order valence-electron chi connectivity index (χ2n) is 4.70. The van der Waals surface area contributed by atoms with Gasteiger partial charge in [-0.25, -0.2) is 4.39 Å². The van der Waals surface area contributed by atoms with Crippen LogP contribution in [0.25, 0.3) is 0 Å². The molecule has 0 aliphatic carbocycles. The lowest BCUT2D eigenvalue weighted by Crippen LogP contribution is -2.45. The van der Waals surface area contributed by atoms with Gasteiger partial charge in [0, 0.05) is 13.6 Å². The van der Waals surface area contributed by atoms with Crippen molar-refractivity contribution in [3.63, 3.8) is 0 Å². The third-order valence-corrected chi connectivity index (χ3v) is 2.94. The molecule has 4 nitrogen and oxygen atoms in total. The van der Waals surface area contributed by atoms with Gasteiger partial charge in [0.2, 0.25) is 0 Å². The molecule has 100 valence electrons. The maximum absolute atomic E-state index is 13.5. The second kappa shape index (κ2) is 5.82. The first-order chi connectivity index (χ1) is 8.34. The van der Waals surface area contributed by atoms with Crippen molar-refractivity contribution in [3.05, 3.63) is 30.1 Å². The highest BCUT2D eigenvalue weighted by Gasteiger charge is 2.27. The van der Waals surface area contributed by atoms with Gasteiger partial charge in [-0.2, -0.15) is 0 Å². The molecule has 1 atom stereocenters. The molecule has 1 rings (SSSR count). The van der Waals surface area contributed by atoms with Gasteiger partial charge >= 0.3 is 5.97 Å². The lowest BCUT2D eigenvalue weighted by atomic mass is 9.97. The Balaban J connectivity index is 2.50. The highest BCUT2D eigenvalue weighted by molar-refractivity contribution is 5.77. The van der Waals surface area contributed by atoms with E-state index in [4.69, 9.17) is 10.8 Å². The van der Waals surface area contributed by atoms with E-state index < -0.39 is 11.5 Å². The van der Waals surface area contributed by atoms with Gasteiger partial charge in [0.25, 0.3) is 0 Å². The van der Waals surface area contributed by atoms with Gasteiger partial charge in [-0.05, 0) is 31.9 Å². The fourth-order valence-electron chi connectivity index (χ4n) is 1.67. The fraction of sp³-hybridized carbons (Fsp3) is 0.462. The maximum Gasteiger partial charge on any atom is 0.323 e. The number of rotatable bonds is 6. The molecule has 0 fully saturated rings. The summed E-state index contributed by atoms with van der Waals surface area (Å²) >= 11 is 0. The summed E-state index contributed by atoms with van der Waals surface area (Å²) in [6, 6.07) is 6.48. The minimum atomic E-state index is -1.23. The number of carboxylic acids is 1. The molecule has 18 heavy (non-hydrogen) atoms. The molecule has 0 aromatic heterocycles. The maximum atomic E-state index is 13.5. The van der Waals surface area contributed by atoms with E-state index in [0.29, 0.717) is 25.1 Å². The Kier molecular flexibility index (Phi) is 4.67. The molecular weight excluding hydrogens is 235 g/mol. The summed E-state index contributed by atoms with van der Waals surface area (Å²) in [7, 11) is 1.77. The Morgan fingerprint density at radius 3 is 2.67 bits per heavy atom. The van der Waals surface area contributed by atoms with Gasteiger partial charge in [-0.1, -0.05) is 12.1 Å². The van der Waals surface area contributed by atoms with Crippen LogP contribution in [0.2, 0.25) is 0 Å². The summed E-state index contributed by atoms with van der Waals surface area (Å²) < 4.78 is 13.5. The minimum Gasteiger partial charge on any atom is -0.480 e. The van der Waals surface area contributed by atoms with Gasteiger partial charge < -0.3 is 15.7 Å². The molecular formula is C13H19FN2O2. The summed E-state index contributed by atoms with van der Waals surface area (Å²) in [4.78, 5) is 12.6. The summed E-state index contributed by atoms with van der Waals surface area (Å²) in [5, 5.41) is 8.87. The van der Waals surface area contributed by atoms with E-state index in [0.717, 1.165) is 0 Å². The van der Waals surface area contributed by atoms with Gasteiger partial charge in [0.05, 0.1) is 5.69 Å². The van der Waals surface area contributed by atoms with E-state index in [1.807, 2.05) is 0 Å². The Hall–Kier alpha value is -1.62. The summed E-state index contributed by atoms with van der Waals surface area (Å²) in [5.41, 5.74) is 4.90. The standard InChI is InChI=1S/C13H19FN2O2/c1-13(15,12(17)18)8-5-9-16(2)11-7-4-3-6-10(11)14/h3-4,6-7H,5,8-9,15H2,1-2H3,(H,17,18). The second-order valence-corrected chi connectivity index (χ2v) is 4.70. The first-order valence-corrected chi connectivity index (χ1v) is 5.82. The molecule has 0 aliphatic heterocycles. The van der Waals surface area contributed by atoms with Crippen LogP contribution in [0.5, 0.6) is 0 Å². The number of aliphatic carboxylic acids is 1. The zero-order chi connectivity index (χ0) is 13.8. The molecule has 0 saturated heterocycles. The number of carbonyl (C=O) groups is 1. The Morgan fingerprint density at radius 2 is 2.11 bits per heavy atom. The molecule has 1 aromatic rings. The molecule has 0 heterocycles. The minimum absolute atomic E-state index is 0.284. The van der Waals surface area contributed by atoms with Gasteiger partial charge in [0.1, 0.15) is 11.4 Å². The van der Waals surface area contributed by atoms with Crippen LogP contribution in [0.15, 0.2) is 24.3 Å². The average molecular weight is 254 g/mol. The third-order valence-electron chi connectivity index (χ3n) is 2.94. The summed E-state index contributed by atoms with van der Waals surface area (Å²) in [5.74, 6) is -1.30. The normalized spacial score (nSPS) is 14.0. The number of halogens is 1. The summed E-state index contributed by atoms with van der Waals surface area (Å²) in [6.07, 6.45) is 0.936. The fourth-order valence-corrected chi connectivity index (χ4v) is 1.67. The molecule has 0 bridgehead atoms. The SMILES string of the molecule is CN(CCCC(C)(N)C(=O)O)c1ccccc1F. The molecule has 0 saturated carbocycles. The molecule has 0 spiro atoms. The predicted octanol–water partition coefficient (Wildman–Crippen LogP) is 1.84. The molecule has 0 aliphatic rings. The van der Waals surface area contributed by atoms with E-state index in [1.165, 1.54) is 13.0 Å². The number of benzene rings is 1. The molecule has 1 unspecified atom stereocenters. The zero-order valence-corrected chi connectivity index (χ0v) is 10.7. The van der Waals surface area contributed by atoms with E-state index in [1.54, 1.807) is 30.1 Å². The Labute approximate surface area is 106 Å². The highest BCUT2D eigenvalue weighted by Crippen LogP contribution is 2.18. The molecule has 3 N–H and O–H groups in total. The van der Waals surface area contributed by atoms with E-state index in [2.05, 4.69) is 0 Å². The van der Waals surface area contributed by atoms with Crippen LogP contribution in [-0.4, -0.2) is 30.2 Å². The van der Waals surface area contributed by atoms with Crippen molar-refractivity contribution >= 4 is 11.7 Å². The molecule has 5 heteroatoms. The first-order valence-electron chi connectivity index (χ1n) is 5.82. The van der Waals surface area contributed by atoms with Crippen LogP contribution in [0.4, 0.5) is 10.1 Å². The topological polar surface area (TPSA) is 66.6 Å². The van der Waals surface area contributed by atoms with Crippen LogP contribution >= 0.6 is 0 Å². The van der Waals surface area contributed by atoms with Crippen molar-refractivity contribution < 1.29 is 14.3 Å². The summed E-state index contributed by atoms with van der Waals surface area (Å²) in [6.45, 7) is 2.04. The Bertz CT molecular complexity index is 421. The van der Waals surface area contributed by atoms with E-state index in [9.17, 15) is 9.18 Å². The first kappa shape index (κ1) is 14.4. The number of nitrogens with zero attached hydrogens (tertiary/aromatic N) is 1. The number of hydrogen-bond acceptors (Lipinski definition) is 3. The number of hydrogen-bond donors (Lipinski definition) is 2. The van der Waals surface area contributed by atoms with Gasteiger partial charge in [-0.15, -0.1) is 0 Å². The number of carboxylic acid groups (broad SMARTS) is 1. The lowest BCUT2D eigenvalue weighted by Gasteiger charge is -2.23. The highest BCUT2D eigenvalue weighted by atomic mass is 19.1. The van der Waals surface area contributed by atoms with Crippen LogP contribution in [0.1, 0.15) is 19.8 Å². The van der Waals surface area contributed by atoms with Crippen LogP contribution in [0, 0.1) is 5.82 Å². The predicted molar refractivity (Wildman–Crippen MR) is 69.1 cm³/mol. The number of anilines is 1. The largest absolute Gasteiger partial charge is 0.480 e. The van der Waals surface area contributed by atoms with Crippen LogP contribution < -0.4 is 10.6 Å². The van der Waals surface area contributed by atoms with Gasteiger partial charge in [-0.3, -0.25) is 4.79 Å². The van der Waals surface area contributed by atoms with E-state index >= 15 is 0 Å². The average Bonchev–Trinajstić information content (AvgIpc) is 2.29. The van der Waals surface area contributed by atoms with Crippen molar-refractivity contribution in [1.82, 2.24) is 0 Å². The zero-order valence-electron chi connectivity index (χ0n) is 10.7.